The number of fused-ring (bicyclic) bond motifs is 1. The molecule has 6 heteroatoms. The molecule has 1 heterocycles. The van der Waals surface area contributed by atoms with E-state index in [-0.39, 0.29) is 12.5 Å². The van der Waals surface area contributed by atoms with Crippen LogP contribution in [-0.2, 0) is 4.79 Å². The number of nitrogens with zero attached hydrogens (tertiary/aromatic N) is 1. The Balaban J connectivity index is 1.53. The molecule has 0 saturated carbocycles. The SMILES string of the molecule is Cc1cc2nc(-c3ccc(C)c(NC(=O)COc4ccccc4Cl)c3)oc2cc1C. The van der Waals surface area contributed by atoms with E-state index in [1.54, 1.807) is 24.3 Å². The van der Waals surface area contributed by atoms with Gasteiger partial charge in [0.25, 0.3) is 5.91 Å². The van der Waals surface area contributed by atoms with Gasteiger partial charge in [0, 0.05) is 11.3 Å². The number of para-hydroxylation sites is 1. The Morgan fingerprint density at radius 1 is 1.03 bits per heavy atom. The summed E-state index contributed by atoms with van der Waals surface area (Å²) in [6.07, 6.45) is 0. The predicted molar refractivity (Wildman–Crippen MR) is 119 cm³/mol. The second kappa shape index (κ2) is 8.20. The third kappa shape index (κ3) is 4.16. The van der Waals surface area contributed by atoms with E-state index in [0.717, 1.165) is 33.4 Å². The Hall–Kier alpha value is -3.31. The van der Waals surface area contributed by atoms with Crippen molar-refractivity contribution in [2.24, 2.45) is 0 Å². The van der Waals surface area contributed by atoms with E-state index >= 15 is 0 Å². The third-order valence-electron chi connectivity index (χ3n) is 4.96. The molecular formula is C24H21ClN2O3. The topological polar surface area (TPSA) is 64.4 Å². The van der Waals surface area contributed by atoms with E-state index in [1.807, 2.05) is 51.1 Å². The number of amides is 1. The Labute approximate surface area is 179 Å². The van der Waals surface area contributed by atoms with Crippen LogP contribution < -0.4 is 10.1 Å². The van der Waals surface area contributed by atoms with Crippen LogP contribution in [-0.4, -0.2) is 17.5 Å². The summed E-state index contributed by atoms with van der Waals surface area (Å²) >= 11 is 6.06. The van der Waals surface area contributed by atoms with Gasteiger partial charge in [-0.1, -0.05) is 29.8 Å². The number of nitrogens with one attached hydrogen (secondary N) is 1. The fourth-order valence-electron chi connectivity index (χ4n) is 3.08. The number of carbonyl (C=O) groups is 1. The van der Waals surface area contributed by atoms with Gasteiger partial charge in [-0.15, -0.1) is 0 Å². The average Bonchev–Trinajstić information content (AvgIpc) is 3.12. The van der Waals surface area contributed by atoms with Gasteiger partial charge in [-0.3, -0.25) is 4.79 Å². The van der Waals surface area contributed by atoms with Gasteiger partial charge in [-0.25, -0.2) is 4.98 Å². The molecule has 0 atom stereocenters. The number of halogens is 1. The first-order valence-electron chi connectivity index (χ1n) is 9.57. The lowest BCUT2D eigenvalue weighted by Crippen LogP contribution is -2.20. The zero-order valence-corrected chi connectivity index (χ0v) is 17.7. The quantitative estimate of drug-likeness (QED) is 0.424. The first kappa shape index (κ1) is 20.0. The molecule has 0 aliphatic rings. The van der Waals surface area contributed by atoms with Crippen molar-refractivity contribution in [3.05, 3.63) is 76.3 Å². The van der Waals surface area contributed by atoms with Crippen LogP contribution in [0.25, 0.3) is 22.6 Å². The average molecular weight is 421 g/mol. The maximum Gasteiger partial charge on any atom is 0.262 e. The highest BCUT2D eigenvalue weighted by Crippen LogP contribution is 2.29. The Morgan fingerprint density at radius 2 is 1.80 bits per heavy atom. The van der Waals surface area contributed by atoms with Gasteiger partial charge in [0.2, 0.25) is 5.89 Å². The highest BCUT2D eigenvalue weighted by Gasteiger charge is 2.13. The van der Waals surface area contributed by atoms with E-state index in [9.17, 15) is 4.79 Å². The second-order valence-electron chi connectivity index (χ2n) is 7.22. The number of carbonyl (C=O) groups excluding carboxylic acids is 1. The molecule has 1 N–H and O–H groups in total. The molecule has 4 aromatic rings. The molecule has 0 aliphatic heterocycles. The number of anilines is 1. The molecule has 5 nitrogen and oxygen atoms in total. The van der Waals surface area contributed by atoms with Crippen LogP contribution in [0, 0.1) is 20.8 Å². The molecular weight excluding hydrogens is 400 g/mol. The normalized spacial score (nSPS) is 10.9. The molecule has 0 spiro atoms. The standard InChI is InChI=1S/C24H21ClN2O3/c1-14-8-9-17(24-27-20-10-15(2)16(3)11-22(20)30-24)12-19(14)26-23(28)13-29-21-7-5-4-6-18(21)25/h4-12H,13H2,1-3H3,(H,26,28). The monoisotopic (exact) mass is 420 g/mol. The Bertz CT molecular complexity index is 1210. The van der Waals surface area contributed by atoms with Crippen LogP contribution in [0.5, 0.6) is 5.75 Å². The summed E-state index contributed by atoms with van der Waals surface area (Å²) in [7, 11) is 0. The number of ether oxygens (including phenoxy) is 1. The molecule has 3 aromatic carbocycles. The van der Waals surface area contributed by atoms with Crippen molar-refractivity contribution < 1.29 is 13.9 Å². The summed E-state index contributed by atoms with van der Waals surface area (Å²) in [5.41, 5.74) is 6.26. The largest absolute Gasteiger partial charge is 0.482 e. The molecule has 1 amide bonds. The van der Waals surface area contributed by atoms with Crippen LogP contribution in [0.1, 0.15) is 16.7 Å². The molecule has 30 heavy (non-hydrogen) atoms. The van der Waals surface area contributed by atoms with Crippen LogP contribution >= 0.6 is 11.6 Å². The van der Waals surface area contributed by atoms with Gasteiger partial charge in [-0.2, -0.15) is 0 Å². The Kier molecular flexibility index (Phi) is 5.46. The zero-order chi connectivity index (χ0) is 21.3. The molecule has 1 aromatic heterocycles. The van der Waals surface area contributed by atoms with E-state index in [4.69, 9.17) is 20.8 Å². The van der Waals surface area contributed by atoms with Crippen molar-refractivity contribution in [2.45, 2.75) is 20.8 Å². The summed E-state index contributed by atoms with van der Waals surface area (Å²) in [6, 6.07) is 16.7. The van der Waals surface area contributed by atoms with Crippen molar-refractivity contribution in [2.75, 3.05) is 11.9 Å². The van der Waals surface area contributed by atoms with E-state index in [1.165, 1.54) is 0 Å². The molecule has 0 fully saturated rings. The maximum absolute atomic E-state index is 12.4. The molecule has 0 unspecified atom stereocenters. The highest BCUT2D eigenvalue weighted by atomic mass is 35.5. The van der Waals surface area contributed by atoms with E-state index in [0.29, 0.717) is 22.4 Å². The third-order valence-corrected chi connectivity index (χ3v) is 5.27. The van der Waals surface area contributed by atoms with Crippen molar-refractivity contribution in [3.63, 3.8) is 0 Å². The van der Waals surface area contributed by atoms with E-state index < -0.39 is 0 Å². The van der Waals surface area contributed by atoms with Crippen molar-refractivity contribution in [3.8, 4) is 17.2 Å². The predicted octanol–water partition coefficient (Wildman–Crippen LogP) is 6.09. The number of aromatic nitrogens is 1. The lowest BCUT2D eigenvalue weighted by molar-refractivity contribution is -0.118. The number of oxazole rings is 1. The smallest absolute Gasteiger partial charge is 0.262 e. The van der Waals surface area contributed by atoms with Gasteiger partial charge in [0.1, 0.15) is 11.3 Å². The summed E-state index contributed by atoms with van der Waals surface area (Å²) in [4.78, 5) is 17.0. The first-order valence-corrected chi connectivity index (χ1v) is 9.94. The van der Waals surface area contributed by atoms with Crippen LogP contribution in [0.15, 0.2) is 59.0 Å². The number of aryl methyl sites for hydroxylation is 3. The summed E-state index contributed by atoms with van der Waals surface area (Å²) in [6.45, 7) is 5.87. The van der Waals surface area contributed by atoms with Crippen molar-refractivity contribution >= 4 is 34.3 Å². The zero-order valence-electron chi connectivity index (χ0n) is 17.0. The number of rotatable bonds is 5. The van der Waals surface area contributed by atoms with Crippen LogP contribution in [0.2, 0.25) is 5.02 Å². The van der Waals surface area contributed by atoms with Gasteiger partial charge >= 0.3 is 0 Å². The molecule has 0 aliphatic carbocycles. The number of benzene rings is 3. The van der Waals surface area contributed by atoms with Gasteiger partial charge in [-0.05, 0) is 73.9 Å². The summed E-state index contributed by atoms with van der Waals surface area (Å²) in [5.74, 6) is 0.702. The highest BCUT2D eigenvalue weighted by molar-refractivity contribution is 6.32. The number of hydrogen-bond donors (Lipinski definition) is 1. The maximum atomic E-state index is 12.4. The van der Waals surface area contributed by atoms with E-state index in [2.05, 4.69) is 10.3 Å². The van der Waals surface area contributed by atoms with Crippen LogP contribution in [0.3, 0.4) is 0 Å². The fraction of sp³-hybridized carbons (Fsp3) is 0.167. The minimum absolute atomic E-state index is 0.144. The molecule has 0 radical (unpaired) electrons. The Morgan fingerprint density at radius 3 is 2.60 bits per heavy atom. The lowest BCUT2D eigenvalue weighted by Gasteiger charge is -2.11. The minimum Gasteiger partial charge on any atom is -0.482 e. The van der Waals surface area contributed by atoms with Crippen molar-refractivity contribution in [1.29, 1.82) is 0 Å². The van der Waals surface area contributed by atoms with Crippen LogP contribution in [0.4, 0.5) is 5.69 Å². The summed E-state index contributed by atoms with van der Waals surface area (Å²) in [5, 5.41) is 3.35. The van der Waals surface area contributed by atoms with Gasteiger partial charge in [0.15, 0.2) is 12.2 Å². The fourth-order valence-corrected chi connectivity index (χ4v) is 3.27. The second-order valence-corrected chi connectivity index (χ2v) is 7.63. The number of hydrogen-bond acceptors (Lipinski definition) is 4. The van der Waals surface area contributed by atoms with Gasteiger partial charge in [0.05, 0.1) is 5.02 Å². The molecule has 0 saturated heterocycles. The lowest BCUT2D eigenvalue weighted by atomic mass is 10.1. The minimum atomic E-state index is -0.279. The first-order chi connectivity index (χ1) is 14.4. The molecule has 152 valence electrons. The molecule has 0 bridgehead atoms. The molecule has 4 rings (SSSR count). The summed E-state index contributed by atoms with van der Waals surface area (Å²) < 4.78 is 11.5. The van der Waals surface area contributed by atoms with Crippen molar-refractivity contribution in [1.82, 2.24) is 4.98 Å². The van der Waals surface area contributed by atoms with Gasteiger partial charge < -0.3 is 14.5 Å².